The van der Waals surface area contributed by atoms with Crippen molar-refractivity contribution in [1.29, 1.82) is 0 Å². The number of thiophene rings is 1. The lowest BCUT2D eigenvalue weighted by Crippen LogP contribution is -2.29. The molecule has 108 valence electrons. The molecule has 2 amide bonds. The fraction of sp³-hybridized carbons (Fsp3) is 0.0667. The molecule has 0 aliphatic carbocycles. The van der Waals surface area contributed by atoms with E-state index in [1.807, 2.05) is 17.5 Å². The zero-order valence-corrected chi connectivity index (χ0v) is 12.0. The molecule has 0 saturated carbocycles. The largest absolute Gasteiger partial charge is 0.418 e. The van der Waals surface area contributed by atoms with Gasteiger partial charge in [-0.2, -0.15) is 0 Å². The summed E-state index contributed by atoms with van der Waals surface area (Å²) in [5.41, 5.74) is 0.816. The highest BCUT2D eigenvalue weighted by Crippen LogP contribution is 2.26. The predicted octanol–water partition coefficient (Wildman–Crippen LogP) is 2.59. The molecule has 7 heteroatoms. The lowest BCUT2D eigenvalue weighted by molar-refractivity contribution is 0.0629. The summed E-state index contributed by atoms with van der Waals surface area (Å²) in [4.78, 5) is 26.5. The maximum atomic E-state index is 12.3. The van der Waals surface area contributed by atoms with Crippen molar-refractivity contribution in [3.8, 4) is 10.8 Å². The van der Waals surface area contributed by atoms with Gasteiger partial charge < -0.3 is 4.42 Å². The molecular weight excluding hydrogens is 302 g/mol. The maximum absolute atomic E-state index is 12.3. The highest BCUT2D eigenvalue weighted by atomic mass is 32.1. The van der Waals surface area contributed by atoms with Gasteiger partial charge in [0, 0.05) is 0 Å². The van der Waals surface area contributed by atoms with Crippen molar-refractivity contribution in [2.75, 3.05) is 0 Å². The van der Waals surface area contributed by atoms with Gasteiger partial charge in [0.15, 0.2) is 0 Å². The average molecular weight is 311 g/mol. The van der Waals surface area contributed by atoms with E-state index in [2.05, 4.69) is 10.2 Å². The van der Waals surface area contributed by atoms with E-state index < -0.39 is 0 Å². The number of fused-ring (bicyclic) bond motifs is 1. The molecule has 1 aliphatic heterocycles. The Balaban J connectivity index is 1.60. The summed E-state index contributed by atoms with van der Waals surface area (Å²) in [6.45, 7) is -0.0231. The van der Waals surface area contributed by atoms with Gasteiger partial charge >= 0.3 is 0 Å². The molecule has 1 aromatic carbocycles. The zero-order chi connectivity index (χ0) is 15.1. The van der Waals surface area contributed by atoms with Crippen LogP contribution in [-0.4, -0.2) is 26.9 Å². The third-order valence-electron chi connectivity index (χ3n) is 3.37. The van der Waals surface area contributed by atoms with Crippen LogP contribution >= 0.6 is 11.3 Å². The quantitative estimate of drug-likeness (QED) is 0.695. The number of benzene rings is 1. The monoisotopic (exact) mass is 311 g/mol. The van der Waals surface area contributed by atoms with Crippen molar-refractivity contribution in [2.45, 2.75) is 6.54 Å². The number of rotatable bonds is 3. The van der Waals surface area contributed by atoms with E-state index in [0.29, 0.717) is 17.0 Å². The molecule has 3 heterocycles. The summed E-state index contributed by atoms with van der Waals surface area (Å²) in [7, 11) is 0. The predicted molar refractivity (Wildman–Crippen MR) is 78.3 cm³/mol. The first-order valence-electron chi connectivity index (χ1n) is 6.55. The van der Waals surface area contributed by atoms with E-state index in [0.717, 1.165) is 9.78 Å². The Hall–Kier alpha value is -2.80. The Labute approximate surface area is 129 Å². The number of carbonyl (C=O) groups is 2. The standard InChI is InChI=1S/C15H9N3O3S/c19-14-9-4-1-2-5-10(9)15(20)18(14)8-12-16-17-13(21-12)11-6-3-7-22-11/h1-7H,8H2. The number of hydrogen-bond acceptors (Lipinski definition) is 6. The lowest BCUT2D eigenvalue weighted by atomic mass is 10.1. The van der Waals surface area contributed by atoms with E-state index >= 15 is 0 Å². The molecule has 0 fully saturated rings. The van der Waals surface area contributed by atoms with Crippen LogP contribution in [0.4, 0.5) is 0 Å². The van der Waals surface area contributed by atoms with Gasteiger partial charge in [0.2, 0.25) is 5.89 Å². The molecule has 0 atom stereocenters. The normalized spacial score (nSPS) is 13.7. The molecule has 0 spiro atoms. The number of nitrogens with zero attached hydrogens (tertiary/aromatic N) is 3. The van der Waals surface area contributed by atoms with E-state index in [1.165, 1.54) is 11.3 Å². The fourth-order valence-corrected chi connectivity index (χ4v) is 2.98. The molecule has 2 aromatic heterocycles. The van der Waals surface area contributed by atoms with E-state index in [-0.39, 0.29) is 24.2 Å². The third kappa shape index (κ3) is 1.94. The second-order valence-corrected chi connectivity index (χ2v) is 5.67. The summed E-state index contributed by atoms with van der Waals surface area (Å²) in [6, 6.07) is 10.5. The SMILES string of the molecule is O=C1c2ccccc2C(=O)N1Cc1nnc(-c2cccs2)o1. The topological polar surface area (TPSA) is 76.3 Å². The number of aromatic nitrogens is 2. The van der Waals surface area contributed by atoms with Crippen LogP contribution in [0, 0.1) is 0 Å². The molecular formula is C15H9N3O3S. The Morgan fingerprint density at radius 1 is 1.00 bits per heavy atom. The minimum Gasteiger partial charge on any atom is -0.418 e. The molecule has 3 aromatic rings. The first-order chi connectivity index (χ1) is 10.7. The highest BCUT2D eigenvalue weighted by molar-refractivity contribution is 7.13. The molecule has 0 N–H and O–H groups in total. The smallest absolute Gasteiger partial charge is 0.262 e. The van der Waals surface area contributed by atoms with Crippen LogP contribution < -0.4 is 0 Å². The number of imide groups is 1. The molecule has 6 nitrogen and oxygen atoms in total. The van der Waals surface area contributed by atoms with Crippen LogP contribution in [0.3, 0.4) is 0 Å². The summed E-state index contributed by atoms with van der Waals surface area (Å²) in [5, 5.41) is 9.76. The average Bonchev–Trinajstić information content (AvgIpc) is 3.25. The van der Waals surface area contributed by atoms with Crippen molar-refractivity contribution in [3.63, 3.8) is 0 Å². The molecule has 0 bridgehead atoms. The van der Waals surface area contributed by atoms with Crippen LogP contribution in [0.25, 0.3) is 10.8 Å². The maximum Gasteiger partial charge on any atom is 0.262 e. The Bertz CT molecular complexity index is 835. The minimum absolute atomic E-state index is 0.0231. The summed E-state index contributed by atoms with van der Waals surface area (Å²) in [5.74, 6) is -0.0486. The van der Waals surface area contributed by atoms with Crippen molar-refractivity contribution in [2.24, 2.45) is 0 Å². The Morgan fingerprint density at radius 2 is 1.73 bits per heavy atom. The second kappa shape index (κ2) is 4.88. The van der Waals surface area contributed by atoms with Gasteiger partial charge in [-0.05, 0) is 23.6 Å². The zero-order valence-electron chi connectivity index (χ0n) is 11.2. The van der Waals surface area contributed by atoms with Crippen LogP contribution in [0.15, 0.2) is 46.2 Å². The second-order valence-electron chi connectivity index (χ2n) is 4.72. The number of carbonyl (C=O) groups excluding carboxylic acids is 2. The van der Waals surface area contributed by atoms with Crippen LogP contribution in [0.1, 0.15) is 26.6 Å². The molecule has 1 aliphatic rings. The highest BCUT2D eigenvalue weighted by Gasteiger charge is 2.36. The van der Waals surface area contributed by atoms with Crippen LogP contribution in [0.5, 0.6) is 0 Å². The number of hydrogen-bond donors (Lipinski definition) is 0. The molecule has 22 heavy (non-hydrogen) atoms. The van der Waals surface area contributed by atoms with E-state index in [9.17, 15) is 9.59 Å². The molecule has 4 rings (SSSR count). The van der Waals surface area contributed by atoms with Crippen molar-refractivity contribution in [3.05, 3.63) is 58.8 Å². The van der Waals surface area contributed by atoms with Crippen LogP contribution in [0.2, 0.25) is 0 Å². The van der Waals surface area contributed by atoms with Crippen molar-refractivity contribution >= 4 is 23.2 Å². The van der Waals surface area contributed by atoms with Crippen LogP contribution in [-0.2, 0) is 6.54 Å². The summed E-state index contributed by atoms with van der Waals surface area (Å²) >= 11 is 1.48. The van der Waals surface area contributed by atoms with Crippen molar-refractivity contribution in [1.82, 2.24) is 15.1 Å². The first-order valence-corrected chi connectivity index (χ1v) is 7.43. The van der Waals surface area contributed by atoms with Gasteiger partial charge in [-0.15, -0.1) is 21.5 Å². The van der Waals surface area contributed by atoms with Gasteiger partial charge in [0.25, 0.3) is 17.7 Å². The van der Waals surface area contributed by atoms with E-state index in [4.69, 9.17) is 4.42 Å². The number of amides is 2. The summed E-state index contributed by atoms with van der Waals surface area (Å²) < 4.78 is 5.53. The Kier molecular flexibility index (Phi) is 2.87. The minimum atomic E-state index is -0.337. The van der Waals surface area contributed by atoms with E-state index in [1.54, 1.807) is 24.3 Å². The van der Waals surface area contributed by atoms with Crippen molar-refractivity contribution < 1.29 is 14.0 Å². The first kappa shape index (κ1) is 12.9. The van der Waals surface area contributed by atoms with Gasteiger partial charge in [0.1, 0.15) is 6.54 Å². The van der Waals surface area contributed by atoms with Gasteiger partial charge in [-0.25, -0.2) is 0 Å². The van der Waals surface area contributed by atoms with Gasteiger partial charge in [-0.1, -0.05) is 18.2 Å². The molecule has 0 saturated heterocycles. The molecule has 0 radical (unpaired) electrons. The molecule has 0 unspecified atom stereocenters. The van der Waals surface area contributed by atoms with Gasteiger partial charge in [0.05, 0.1) is 16.0 Å². The van der Waals surface area contributed by atoms with Gasteiger partial charge in [-0.3, -0.25) is 14.5 Å². The Morgan fingerprint density at radius 3 is 2.36 bits per heavy atom. The third-order valence-corrected chi connectivity index (χ3v) is 4.23. The fourth-order valence-electron chi connectivity index (χ4n) is 2.34. The lowest BCUT2D eigenvalue weighted by Gasteiger charge is -2.10. The summed E-state index contributed by atoms with van der Waals surface area (Å²) in [6.07, 6.45) is 0.